The van der Waals surface area contributed by atoms with Crippen molar-refractivity contribution < 1.29 is 70.3 Å². The predicted molar refractivity (Wildman–Crippen MR) is 234 cm³/mol. The van der Waals surface area contributed by atoms with Gasteiger partial charge in [0.1, 0.15) is 17.3 Å². The summed E-state index contributed by atoms with van der Waals surface area (Å²) in [5, 5.41) is 5.58. The molecule has 20 nitrogen and oxygen atoms in total. The summed E-state index contributed by atoms with van der Waals surface area (Å²) < 4.78 is 72.3. The average molecular weight is 948 g/mol. The van der Waals surface area contributed by atoms with E-state index in [1.54, 1.807) is 51.1 Å². The third kappa shape index (κ3) is 16.7. The molecule has 4 rings (SSSR count). The quantitative estimate of drug-likeness (QED) is 0.0755. The molecule has 22 heteroatoms. The smallest absolute Gasteiger partial charge is 0.344 e. The Bertz CT molecular complexity index is 2220. The van der Waals surface area contributed by atoms with E-state index in [9.17, 15) is 37.2 Å². The van der Waals surface area contributed by atoms with E-state index in [1.165, 1.54) is 17.9 Å². The van der Waals surface area contributed by atoms with Gasteiger partial charge in [-0.2, -0.15) is 4.37 Å². The zero-order valence-corrected chi connectivity index (χ0v) is 39.0. The molecule has 0 bridgehead atoms. The summed E-state index contributed by atoms with van der Waals surface area (Å²) in [4.78, 5) is 79.8. The van der Waals surface area contributed by atoms with Gasteiger partial charge in [-0.15, -0.1) is 4.37 Å². The summed E-state index contributed by atoms with van der Waals surface area (Å²) in [5.74, 6) is -4.84. The molecular weight excluding hydrogens is 891 g/mol. The fourth-order valence-electron chi connectivity index (χ4n) is 6.33. The van der Waals surface area contributed by atoms with Gasteiger partial charge in [0.25, 0.3) is 11.8 Å². The molecule has 1 unspecified atom stereocenters. The van der Waals surface area contributed by atoms with E-state index < -0.39 is 94.3 Å². The van der Waals surface area contributed by atoms with Crippen LogP contribution in [0.4, 0.5) is 5.82 Å². The first-order valence-electron chi connectivity index (χ1n) is 21.0. The van der Waals surface area contributed by atoms with Crippen molar-refractivity contribution in [1.82, 2.24) is 13.6 Å². The first kappa shape index (κ1) is 51.9. The standard InChI is InChI=1S/C43H57N5O15S2/c1-7-8-10-13-30-21-31(22-35(65(44,55)56)39(30)63-32-14-11-9-12-15-32)42(54)61-25-34(50)28(2)20-37(52)59-26-36(51)48(43(4,5)6)23-33(62-38(53)27-58-29(3)49)24-60-41-40(45-64-46-41)47-16-18-57-19-17-47/h9,11-12,14-15,21-22,28,33H,7-8,10,13,16-20,23-27H2,1-6H3,(H2,44,55,56)/t28?,33-/m0/s1. The Morgan fingerprint density at radius 1 is 0.938 bits per heavy atom. The fourth-order valence-corrected chi connectivity index (χ4v) is 7.58. The minimum atomic E-state index is -4.41. The number of unbranched alkanes of at least 4 members (excludes halogenated alkanes) is 2. The first-order valence-corrected chi connectivity index (χ1v) is 23.2. The van der Waals surface area contributed by atoms with E-state index >= 15 is 0 Å². The van der Waals surface area contributed by atoms with Crippen LogP contribution in [0.2, 0.25) is 0 Å². The SMILES string of the molecule is CCCCCc1cc(C(=O)OCC(=O)C(C)CC(=O)OCC(=O)N(C[C@@H](COc2nsnc2N2CCOCC2)OC(=O)COC(C)=O)C(C)(C)C)cc(S(N)(=O)=O)c1Oc1ccccc1. The van der Waals surface area contributed by atoms with Crippen LogP contribution in [0.25, 0.3) is 0 Å². The van der Waals surface area contributed by atoms with Gasteiger partial charge in [0.15, 0.2) is 37.5 Å². The van der Waals surface area contributed by atoms with Crippen molar-refractivity contribution >= 4 is 63.1 Å². The molecule has 1 aliphatic heterocycles. The number of nitrogens with two attached hydrogens (primary N) is 1. The molecule has 2 heterocycles. The number of ether oxygens (including phenoxy) is 7. The number of anilines is 1. The van der Waals surface area contributed by atoms with Crippen LogP contribution in [0.1, 0.15) is 83.1 Å². The largest absolute Gasteiger partial charge is 0.470 e. The van der Waals surface area contributed by atoms with Crippen molar-refractivity contribution in [3.63, 3.8) is 0 Å². The first-order chi connectivity index (χ1) is 30.8. The van der Waals surface area contributed by atoms with E-state index in [2.05, 4.69) is 8.75 Å². The number of amides is 1. The second-order valence-corrected chi connectivity index (χ2v) is 18.1. The average Bonchev–Trinajstić information content (AvgIpc) is 3.74. The van der Waals surface area contributed by atoms with Gasteiger partial charge in [0.05, 0.1) is 43.5 Å². The number of hydrogen-bond donors (Lipinski definition) is 1. The number of primary sulfonamides is 1. The summed E-state index contributed by atoms with van der Waals surface area (Å²) in [6.07, 6.45) is 1.12. The Morgan fingerprint density at radius 2 is 1.65 bits per heavy atom. The van der Waals surface area contributed by atoms with Crippen LogP contribution < -0.4 is 19.5 Å². The van der Waals surface area contributed by atoms with Crippen LogP contribution in [-0.4, -0.2) is 129 Å². The van der Waals surface area contributed by atoms with Crippen molar-refractivity contribution in [2.75, 3.05) is 64.2 Å². The molecule has 1 fully saturated rings. The molecule has 2 atom stereocenters. The van der Waals surface area contributed by atoms with Crippen molar-refractivity contribution in [2.24, 2.45) is 11.1 Å². The Balaban J connectivity index is 1.38. The number of aryl methyl sites for hydroxylation is 1. The van der Waals surface area contributed by atoms with E-state index in [1.807, 2.05) is 11.8 Å². The van der Waals surface area contributed by atoms with Gasteiger partial charge in [0, 0.05) is 31.5 Å². The van der Waals surface area contributed by atoms with E-state index in [4.69, 9.17) is 38.3 Å². The maximum atomic E-state index is 13.6. The maximum absolute atomic E-state index is 13.6. The van der Waals surface area contributed by atoms with Gasteiger partial charge in [-0.3, -0.25) is 19.2 Å². The second kappa shape index (κ2) is 24.5. The normalized spacial score (nSPS) is 13.8. The minimum absolute atomic E-state index is 0.0187. The zero-order chi connectivity index (χ0) is 47.7. The number of nitrogens with zero attached hydrogens (tertiary/aromatic N) is 4. The molecular formula is C43H57N5O15S2. The number of Topliss-reactive ketones (excluding diaryl/α,β-unsaturated/α-hetero) is 1. The number of ketones is 1. The Morgan fingerprint density at radius 3 is 2.29 bits per heavy atom. The van der Waals surface area contributed by atoms with Crippen LogP contribution in [0.15, 0.2) is 47.4 Å². The number of rotatable bonds is 24. The number of para-hydroxylation sites is 1. The molecule has 1 aromatic heterocycles. The molecule has 2 N–H and O–H groups in total. The highest BCUT2D eigenvalue weighted by atomic mass is 32.2. The van der Waals surface area contributed by atoms with Crippen LogP contribution in [-0.2, 0) is 64.1 Å². The van der Waals surface area contributed by atoms with Crippen LogP contribution in [0, 0.1) is 5.92 Å². The summed E-state index contributed by atoms with van der Waals surface area (Å²) >= 11 is 0.928. The van der Waals surface area contributed by atoms with Crippen molar-refractivity contribution in [3.8, 4) is 17.4 Å². The molecule has 0 aliphatic carbocycles. The molecule has 65 heavy (non-hydrogen) atoms. The summed E-state index contributed by atoms with van der Waals surface area (Å²) in [6.45, 7) is 9.08. The van der Waals surface area contributed by atoms with E-state index in [-0.39, 0.29) is 30.3 Å². The van der Waals surface area contributed by atoms with Crippen molar-refractivity contribution in [3.05, 3.63) is 53.6 Å². The highest BCUT2D eigenvalue weighted by molar-refractivity contribution is 7.89. The van der Waals surface area contributed by atoms with Gasteiger partial charge < -0.3 is 43.0 Å². The van der Waals surface area contributed by atoms with Gasteiger partial charge in [-0.1, -0.05) is 44.9 Å². The van der Waals surface area contributed by atoms with Gasteiger partial charge in [-0.05, 0) is 63.4 Å². The van der Waals surface area contributed by atoms with Crippen molar-refractivity contribution in [1.29, 1.82) is 0 Å². The zero-order valence-electron chi connectivity index (χ0n) is 37.4. The molecule has 0 radical (unpaired) electrons. The number of aromatic nitrogens is 2. The van der Waals surface area contributed by atoms with Crippen LogP contribution in [0.5, 0.6) is 17.4 Å². The number of esters is 4. The maximum Gasteiger partial charge on any atom is 0.344 e. The highest BCUT2D eigenvalue weighted by Crippen LogP contribution is 2.35. The van der Waals surface area contributed by atoms with Crippen LogP contribution in [0.3, 0.4) is 0 Å². The Hall–Kier alpha value is -5.71. The summed E-state index contributed by atoms with van der Waals surface area (Å²) in [7, 11) is -4.41. The third-order valence-electron chi connectivity index (χ3n) is 9.76. The molecule has 1 saturated heterocycles. The number of carbonyl (C=O) groups is 6. The lowest BCUT2D eigenvalue weighted by Crippen LogP contribution is -2.52. The molecule has 2 aromatic carbocycles. The molecule has 1 aliphatic rings. The van der Waals surface area contributed by atoms with E-state index in [0.29, 0.717) is 56.3 Å². The molecule has 356 valence electrons. The topological polar surface area (TPSA) is 259 Å². The number of carbonyl (C=O) groups excluding carboxylic acids is 6. The van der Waals surface area contributed by atoms with Gasteiger partial charge >= 0.3 is 23.9 Å². The summed E-state index contributed by atoms with van der Waals surface area (Å²) in [6, 6.07) is 11.0. The molecule has 3 aromatic rings. The lowest BCUT2D eigenvalue weighted by molar-refractivity contribution is -0.166. The lowest BCUT2D eigenvalue weighted by atomic mass is 10.0. The van der Waals surface area contributed by atoms with Crippen molar-refractivity contribution in [2.45, 2.75) is 90.2 Å². The number of hydrogen-bond acceptors (Lipinski definition) is 19. The molecule has 0 spiro atoms. The number of morpholine rings is 1. The minimum Gasteiger partial charge on any atom is -0.470 e. The van der Waals surface area contributed by atoms with Crippen LogP contribution >= 0.6 is 11.7 Å². The highest BCUT2D eigenvalue weighted by Gasteiger charge is 2.33. The third-order valence-corrected chi connectivity index (χ3v) is 11.2. The lowest BCUT2D eigenvalue weighted by Gasteiger charge is -2.37. The van der Waals surface area contributed by atoms with Gasteiger partial charge in [0.2, 0.25) is 15.8 Å². The fraction of sp³-hybridized carbons (Fsp3) is 0.535. The summed E-state index contributed by atoms with van der Waals surface area (Å²) in [5.41, 5.74) is -0.675. The molecule has 1 amide bonds. The number of benzene rings is 2. The molecule has 0 saturated carbocycles. The second-order valence-electron chi connectivity index (χ2n) is 16.1. The Kier molecular flexibility index (Phi) is 19.6. The van der Waals surface area contributed by atoms with Gasteiger partial charge in [-0.25, -0.2) is 23.1 Å². The monoisotopic (exact) mass is 947 g/mol. The Labute approximate surface area is 382 Å². The predicted octanol–water partition coefficient (Wildman–Crippen LogP) is 4.02. The number of sulfonamides is 1. The van der Waals surface area contributed by atoms with E-state index in [0.717, 1.165) is 37.6 Å².